The Hall–Kier alpha value is -2.36. The van der Waals surface area contributed by atoms with Crippen molar-refractivity contribution in [3.63, 3.8) is 0 Å². The van der Waals surface area contributed by atoms with Crippen molar-refractivity contribution in [1.29, 1.82) is 0 Å². The van der Waals surface area contributed by atoms with Crippen LogP contribution in [0.15, 0.2) is 47.6 Å². The number of benzene rings is 2. The van der Waals surface area contributed by atoms with Crippen LogP contribution >= 0.6 is 0 Å². The van der Waals surface area contributed by atoms with Gasteiger partial charge in [-0.2, -0.15) is 5.10 Å². The molecule has 0 unspecified atom stereocenters. The molecule has 0 aliphatic rings. The fourth-order valence-corrected chi connectivity index (χ4v) is 2.07. The van der Waals surface area contributed by atoms with Crippen molar-refractivity contribution in [2.75, 3.05) is 6.61 Å². The van der Waals surface area contributed by atoms with Gasteiger partial charge in [0.1, 0.15) is 5.75 Å². The third kappa shape index (κ3) is 4.31. The van der Waals surface area contributed by atoms with Gasteiger partial charge in [-0.1, -0.05) is 49.7 Å². The SMILES string of the molecule is CCC/C(C)=N/NC(=O)COc1cccc2ccccc12. The molecular weight excluding hydrogens is 264 g/mol. The van der Waals surface area contributed by atoms with Crippen molar-refractivity contribution >= 4 is 22.4 Å². The molecule has 0 fully saturated rings. The van der Waals surface area contributed by atoms with E-state index in [-0.39, 0.29) is 12.5 Å². The molecule has 0 atom stereocenters. The highest BCUT2D eigenvalue weighted by Gasteiger charge is 2.05. The zero-order valence-electron chi connectivity index (χ0n) is 12.4. The van der Waals surface area contributed by atoms with Crippen molar-refractivity contribution in [2.45, 2.75) is 26.7 Å². The molecule has 1 N–H and O–H groups in total. The van der Waals surface area contributed by atoms with Gasteiger partial charge in [0.15, 0.2) is 6.61 Å². The Labute approximate surface area is 124 Å². The predicted molar refractivity (Wildman–Crippen MR) is 85.6 cm³/mol. The number of hydrogen-bond acceptors (Lipinski definition) is 3. The topological polar surface area (TPSA) is 50.7 Å². The third-order valence-corrected chi connectivity index (χ3v) is 3.09. The summed E-state index contributed by atoms with van der Waals surface area (Å²) in [5.41, 5.74) is 3.42. The van der Waals surface area contributed by atoms with Crippen molar-refractivity contribution in [3.8, 4) is 5.75 Å². The molecule has 0 spiro atoms. The molecule has 4 heteroatoms. The van der Waals surface area contributed by atoms with Gasteiger partial charge in [-0.25, -0.2) is 5.43 Å². The number of fused-ring (bicyclic) bond motifs is 1. The first-order valence-electron chi connectivity index (χ1n) is 7.13. The summed E-state index contributed by atoms with van der Waals surface area (Å²) < 4.78 is 5.59. The first-order chi connectivity index (χ1) is 10.2. The summed E-state index contributed by atoms with van der Waals surface area (Å²) >= 11 is 0. The van der Waals surface area contributed by atoms with E-state index in [2.05, 4.69) is 17.5 Å². The summed E-state index contributed by atoms with van der Waals surface area (Å²) in [5, 5.41) is 6.11. The van der Waals surface area contributed by atoms with Crippen LogP contribution in [0, 0.1) is 0 Å². The van der Waals surface area contributed by atoms with E-state index in [1.165, 1.54) is 0 Å². The Kier molecular flexibility index (Phi) is 5.32. The highest BCUT2D eigenvalue weighted by atomic mass is 16.5. The van der Waals surface area contributed by atoms with Gasteiger partial charge >= 0.3 is 0 Å². The maximum absolute atomic E-state index is 11.7. The number of hydrogen-bond donors (Lipinski definition) is 1. The fraction of sp³-hybridized carbons (Fsp3) is 0.294. The monoisotopic (exact) mass is 284 g/mol. The summed E-state index contributed by atoms with van der Waals surface area (Å²) in [4.78, 5) is 11.7. The second-order valence-electron chi connectivity index (χ2n) is 4.90. The number of carbonyl (C=O) groups is 1. The Bertz CT molecular complexity index is 645. The van der Waals surface area contributed by atoms with Gasteiger partial charge in [0.2, 0.25) is 0 Å². The molecule has 2 aromatic rings. The van der Waals surface area contributed by atoms with Crippen molar-refractivity contribution < 1.29 is 9.53 Å². The minimum absolute atomic E-state index is 0.0447. The lowest BCUT2D eigenvalue weighted by molar-refractivity contribution is -0.123. The first-order valence-corrected chi connectivity index (χ1v) is 7.13. The molecule has 1 amide bonds. The maximum Gasteiger partial charge on any atom is 0.277 e. The quantitative estimate of drug-likeness (QED) is 0.652. The normalized spacial score (nSPS) is 11.4. The van der Waals surface area contributed by atoms with Crippen molar-refractivity contribution in [2.24, 2.45) is 5.10 Å². The summed E-state index contributed by atoms with van der Waals surface area (Å²) in [5.74, 6) is 0.455. The molecule has 0 bridgehead atoms. The largest absolute Gasteiger partial charge is 0.483 e. The molecular formula is C17H20N2O2. The average Bonchev–Trinajstić information content (AvgIpc) is 2.51. The Morgan fingerprint density at radius 3 is 2.76 bits per heavy atom. The van der Waals surface area contributed by atoms with Gasteiger partial charge in [-0.3, -0.25) is 4.79 Å². The smallest absolute Gasteiger partial charge is 0.277 e. The van der Waals surface area contributed by atoms with Gasteiger partial charge in [-0.05, 0) is 24.8 Å². The molecule has 0 saturated carbocycles. The zero-order chi connectivity index (χ0) is 15.1. The van der Waals surface area contributed by atoms with E-state index < -0.39 is 0 Å². The molecule has 2 rings (SSSR count). The summed E-state index contributed by atoms with van der Waals surface area (Å²) in [6, 6.07) is 13.7. The van der Waals surface area contributed by atoms with Crippen LogP contribution in [-0.2, 0) is 4.79 Å². The van der Waals surface area contributed by atoms with Crippen LogP contribution < -0.4 is 10.2 Å². The Balaban J connectivity index is 1.96. The van der Waals surface area contributed by atoms with Crippen LogP contribution in [0.4, 0.5) is 0 Å². The van der Waals surface area contributed by atoms with Crippen LogP contribution in [0.25, 0.3) is 10.8 Å². The summed E-state index contributed by atoms with van der Waals surface area (Å²) in [6.07, 6.45) is 1.89. The van der Waals surface area contributed by atoms with E-state index in [0.717, 1.165) is 29.3 Å². The lowest BCUT2D eigenvalue weighted by atomic mass is 10.1. The highest BCUT2D eigenvalue weighted by Crippen LogP contribution is 2.24. The molecule has 0 aliphatic heterocycles. The van der Waals surface area contributed by atoms with Gasteiger partial charge in [-0.15, -0.1) is 0 Å². The third-order valence-electron chi connectivity index (χ3n) is 3.09. The minimum Gasteiger partial charge on any atom is -0.483 e. The summed E-state index contributed by atoms with van der Waals surface area (Å²) in [7, 11) is 0. The molecule has 21 heavy (non-hydrogen) atoms. The molecule has 0 heterocycles. The molecule has 2 aromatic carbocycles. The van der Waals surface area contributed by atoms with Crippen LogP contribution in [0.5, 0.6) is 5.75 Å². The first kappa shape index (κ1) is 15.0. The molecule has 0 saturated heterocycles. The lowest BCUT2D eigenvalue weighted by Crippen LogP contribution is -2.25. The number of rotatable bonds is 6. The van der Waals surface area contributed by atoms with Gasteiger partial charge in [0.05, 0.1) is 0 Å². The van der Waals surface area contributed by atoms with Crippen LogP contribution in [-0.4, -0.2) is 18.2 Å². The van der Waals surface area contributed by atoms with Crippen LogP contribution in [0.2, 0.25) is 0 Å². The number of nitrogens with zero attached hydrogens (tertiary/aromatic N) is 1. The number of ether oxygens (including phenoxy) is 1. The second kappa shape index (κ2) is 7.43. The Morgan fingerprint density at radius 1 is 1.19 bits per heavy atom. The van der Waals surface area contributed by atoms with E-state index in [9.17, 15) is 4.79 Å². The number of nitrogens with one attached hydrogen (secondary N) is 1. The Morgan fingerprint density at radius 2 is 1.95 bits per heavy atom. The number of carbonyl (C=O) groups excluding carboxylic acids is 1. The molecule has 0 radical (unpaired) electrons. The molecule has 0 aromatic heterocycles. The van der Waals surface area contributed by atoms with E-state index in [4.69, 9.17) is 4.74 Å². The fourth-order valence-electron chi connectivity index (χ4n) is 2.07. The second-order valence-corrected chi connectivity index (χ2v) is 4.90. The minimum atomic E-state index is -0.251. The zero-order valence-corrected chi connectivity index (χ0v) is 12.4. The number of amides is 1. The van der Waals surface area contributed by atoms with Gasteiger partial charge in [0, 0.05) is 11.1 Å². The van der Waals surface area contributed by atoms with Gasteiger partial charge in [0.25, 0.3) is 5.91 Å². The van der Waals surface area contributed by atoms with Gasteiger partial charge < -0.3 is 4.74 Å². The van der Waals surface area contributed by atoms with E-state index in [1.807, 2.05) is 49.4 Å². The lowest BCUT2D eigenvalue weighted by Gasteiger charge is -2.08. The average molecular weight is 284 g/mol. The van der Waals surface area contributed by atoms with Crippen molar-refractivity contribution in [1.82, 2.24) is 5.43 Å². The summed E-state index contributed by atoms with van der Waals surface area (Å²) in [6.45, 7) is 3.93. The van der Waals surface area contributed by atoms with E-state index >= 15 is 0 Å². The number of hydrazone groups is 1. The maximum atomic E-state index is 11.7. The molecule has 110 valence electrons. The highest BCUT2D eigenvalue weighted by molar-refractivity contribution is 5.89. The molecule has 0 aliphatic carbocycles. The molecule has 4 nitrogen and oxygen atoms in total. The van der Waals surface area contributed by atoms with E-state index in [0.29, 0.717) is 5.75 Å². The standard InChI is InChI=1S/C17H20N2O2/c1-3-7-13(2)18-19-17(20)12-21-16-11-6-9-14-8-4-5-10-15(14)16/h4-6,8-11H,3,7,12H2,1-2H3,(H,19,20)/b18-13+. The predicted octanol–water partition coefficient (Wildman–Crippen LogP) is 3.51. The van der Waals surface area contributed by atoms with Crippen LogP contribution in [0.3, 0.4) is 0 Å². The van der Waals surface area contributed by atoms with Crippen molar-refractivity contribution in [3.05, 3.63) is 42.5 Å². The van der Waals surface area contributed by atoms with E-state index in [1.54, 1.807) is 0 Å². The van der Waals surface area contributed by atoms with Crippen LogP contribution in [0.1, 0.15) is 26.7 Å².